The maximum atomic E-state index is 13.1. The first-order valence-electron chi connectivity index (χ1n) is 6.54. The highest BCUT2D eigenvalue weighted by Gasteiger charge is 2.38. The van der Waals surface area contributed by atoms with Crippen LogP contribution in [0.4, 0.5) is 13.2 Å². The number of oxime groups is 1. The van der Waals surface area contributed by atoms with Gasteiger partial charge in [-0.15, -0.1) is 0 Å². The van der Waals surface area contributed by atoms with Crippen LogP contribution >= 0.6 is 0 Å². The Balaban J connectivity index is 2.37. The molecule has 2 aromatic carbocycles. The smallest absolute Gasteiger partial charge is 0.437 e. The van der Waals surface area contributed by atoms with Crippen molar-refractivity contribution < 1.29 is 31.0 Å². The molecule has 0 aliphatic rings. The first-order valence-corrected chi connectivity index (χ1v) is 7.95. The summed E-state index contributed by atoms with van der Waals surface area (Å²) < 4.78 is 67.3. The molecule has 0 saturated carbocycles. The van der Waals surface area contributed by atoms with Crippen LogP contribution < -0.4 is 0 Å². The minimum atomic E-state index is -4.94. The Bertz CT molecular complexity index is 842. The molecule has 0 heterocycles. The van der Waals surface area contributed by atoms with Crippen molar-refractivity contribution >= 4 is 15.8 Å². The average Bonchev–Trinajstić information content (AvgIpc) is 2.48. The van der Waals surface area contributed by atoms with E-state index >= 15 is 0 Å². The Labute approximate surface area is 136 Å². The molecule has 5 nitrogen and oxygen atoms in total. The highest BCUT2D eigenvalue weighted by Crippen LogP contribution is 2.25. The number of aryl methyl sites for hydroxylation is 1. The van der Waals surface area contributed by atoms with Gasteiger partial charge in [0.05, 0.1) is 0 Å². The van der Waals surface area contributed by atoms with Crippen LogP contribution in [0, 0.1) is 6.92 Å². The quantitative estimate of drug-likeness (QED) is 0.671. The van der Waals surface area contributed by atoms with E-state index in [9.17, 15) is 21.6 Å². The number of phenolic OH excluding ortho intramolecular Hbond substituents is 1. The number of benzene rings is 2. The van der Waals surface area contributed by atoms with Crippen LogP contribution in [0.1, 0.15) is 11.1 Å². The lowest BCUT2D eigenvalue weighted by atomic mass is 10.1. The minimum Gasteiger partial charge on any atom is -0.508 e. The van der Waals surface area contributed by atoms with Gasteiger partial charge in [-0.3, -0.25) is 4.28 Å². The zero-order valence-electron chi connectivity index (χ0n) is 12.3. The minimum absolute atomic E-state index is 0.242. The Morgan fingerprint density at radius 1 is 1.04 bits per heavy atom. The highest BCUT2D eigenvalue weighted by molar-refractivity contribution is 7.86. The molecule has 0 atom stereocenters. The monoisotopic (exact) mass is 359 g/mol. The normalized spacial score (nSPS) is 12.9. The molecule has 0 aromatic heterocycles. The summed E-state index contributed by atoms with van der Waals surface area (Å²) in [5.41, 5.74) is -1.20. The summed E-state index contributed by atoms with van der Waals surface area (Å²) in [5, 5.41) is 11.9. The fraction of sp³-hybridized carbons (Fsp3) is 0.133. The van der Waals surface area contributed by atoms with Crippen molar-refractivity contribution in [3.63, 3.8) is 0 Å². The Kier molecular flexibility index (Phi) is 4.83. The largest absolute Gasteiger partial charge is 0.508 e. The van der Waals surface area contributed by atoms with E-state index in [4.69, 9.17) is 5.11 Å². The van der Waals surface area contributed by atoms with Crippen molar-refractivity contribution in [2.24, 2.45) is 5.16 Å². The van der Waals surface area contributed by atoms with E-state index in [-0.39, 0.29) is 10.6 Å². The molecule has 2 aromatic rings. The first kappa shape index (κ1) is 17.8. The lowest BCUT2D eigenvalue weighted by Gasteiger charge is -2.10. The average molecular weight is 359 g/mol. The molecule has 0 radical (unpaired) electrons. The van der Waals surface area contributed by atoms with Gasteiger partial charge in [0.25, 0.3) is 0 Å². The molecule has 9 heteroatoms. The van der Waals surface area contributed by atoms with Crippen molar-refractivity contribution in [2.75, 3.05) is 0 Å². The van der Waals surface area contributed by atoms with E-state index in [2.05, 4.69) is 9.44 Å². The maximum absolute atomic E-state index is 13.1. The predicted molar refractivity (Wildman–Crippen MR) is 80.1 cm³/mol. The fourth-order valence-electron chi connectivity index (χ4n) is 1.72. The van der Waals surface area contributed by atoms with Crippen LogP contribution in [-0.2, 0) is 14.4 Å². The van der Waals surface area contributed by atoms with Gasteiger partial charge >= 0.3 is 16.3 Å². The summed E-state index contributed by atoms with van der Waals surface area (Å²) in [6, 6.07) is 9.29. The van der Waals surface area contributed by atoms with Crippen molar-refractivity contribution in [2.45, 2.75) is 18.0 Å². The van der Waals surface area contributed by atoms with Gasteiger partial charge in [-0.05, 0) is 43.3 Å². The van der Waals surface area contributed by atoms with Gasteiger partial charge in [-0.25, -0.2) is 0 Å². The molecule has 0 amide bonds. The van der Waals surface area contributed by atoms with E-state index in [0.29, 0.717) is 0 Å². The van der Waals surface area contributed by atoms with Crippen LogP contribution in [0.15, 0.2) is 58.6 Å². The number of aromatic hydroxyl groups is 1. The lowest BCUT2D eigenvalue weighted by Crippen LogP contribution is -2.25. The summed E-state index contributed by atoms with van der Waals surface area (Å²) >= 11 is 0. The number of nitrogens with zero attached hydrogens (tertiary/aromatic N) is 1. The Morgan fingerprint density at radius 2 is 1.58 bits per heavy atom. The molecular weight excluding hydrogens is 347 g/mol. The molecule has 0 fully saturated rings. The first-order chi connectivity index (χ1) is 11.1. The molecule has 1 N–H and O–H groups in total. The zero-order valence-corrected chi connectivity index (χ0v) is 13.1. The second kappa shape index (κ2) is 6.52. The van der Waals surface area contributed by atoms with E-state index < -0.39 is 27.6 Å². The number of rotatable bonds is 4. The number of phenols is 1. The Morgan fingerprint density at radius 3 is 2.08 bits per heavy atom. The molecule has 0 bridgehead atoms. The van der Waals surface area contributed by atoms with E-state index in [1.807, 2.05) is 0 Å². The number of hydrogen-bond donors (Lipinski definition) is 1. The molecule has 128 valence electrons. The number of alkyl halides is 3. The van der Waals surface area contributed by atoms with Gasteiger partial charge in [0, 0.05) is 5.56 Å². The second-order valence-corrected chi connectivity index (χ2v) is 6.35. The summed E-state index contributed by atoms with van der Waals surface area (Å²) in [4.78, 5) is -0.316. The molecule has 0 aliphatic heterocycles. The molecule has 0 saturated heterocycles. The van der Waals surface area contributed by atoms with Gasteiger partial charge in [0.1, 0.15) is 10.6 Å². The molecule has 24 heavy (non-hydrogen) atoms. The van der Waals surface area contributed by atoms with Crippen molar-refractivity contribution in [1.29, 1.82) is 0 Å². The summed E-state index contributed by atoms with van der Waals surface area (Å²) in [5.74, 6) is -0.242. The van der Waals surface area contributed by atoms with Crippen molar-refractivity contribution in [1.82, 2.24) is 0 Å². The summed E-state index contributed by atoms with van der Waals surface area (Å²) in [6.07, 6.45) is -4.94. The van der Waals surface area contributed by atoms with Crippen LogP contribution in [0.2, 0.25) is 0 Å². The molecule has 2 rings (SSSR count). The highest BCUT2D eigenvalue weighted by atomic mass is 32.2. The van der Waals surface area contributed by atoms with E-state index in [0.717, 1.165) is 29.8 Å². The fourth-order valence-corrected chi connectivity index (χ4v) is 2.45. The van der Waals surface area contributed by atoms with Gasteiger partial charge < -0.3 is 5.11 Å². The van der Waals surface area contributed by atoms with Crippen LogP contribution in [-0.4, -0.2) is 25.4 Å². The standard InChI is InChI=1S/C15H12F3NO4S/c1-10-2-8-13(9-3-10)24(21,22)23-19-14(15(16,17)18)11-4-6-12(20)7-5-11/h2-9,20H,1H3/b19-14-. The molecule has 0 aliphatic carbocycles. The summed E-state index contributed by atoms with van der Waals surface area (Å²) in [6.45, 7) is 1.72. The zero-order chi connectivity index (χ0) is 18.0. The van der Waals surface area contributed by atoms with Crippen LogP contribution in [0.25, 0.3) is 0 Å². The number of halogens is 3. The number of hydrogen-bond acceptors (Lipinski definition) is 5. The van der Waals surface area contributed by atoms with Crippen LogP contribution in [0.5, 0.6) is 5.75 Å². The third-order valence-corrected chi connectivity index (χ3v) is 4.07. The van der Waals surface area contributed by atoms with Gasteiger partial charge in [0.2, 0.25) is 0 Å². The summed E-state index contributed by atoms with van der Waals surface area (Å²) in [7, 11) is -4.49. The molecule has 0 unspecified atom stereocenters. The maximum Gasteiger partial charge on any atom is 0.437 e. The van der Waals surface area contributed by atoms with Crippen molar-refractivity contribution in [3.8, 4) is 5.75 Å². The Hall–Kier alpha value is -2.55. The van der Waals surface area contributed by atoms with E-state index in [1.165, 1.54) is 24.3 Å². The van der Waals surface area contributed by atoms with Crippen molar-refractivity contribution in [3.05, 3.63) is 59.7 Å². The van der Waals surface area contributed by atoms with E-state index in [1.54, 1.807) is 6.92 Å². The molecule has 0 spiro atoms. The SMILES string of the molecule is Cc1ccc(S(=O)(=O)O/N=C(/c2ccc(O)cc2)C(F)(F)F)cc1. The van der Waals surface area contributed by atoms with Gasteiger partial charge in [0.15, 0.2) is 5.71 Å². The third kappa shape index (κ3) is 4.25. The third-order valence-electron chi connectivity index (χ3n) is 2.95. The lowest BCUT2D eigenvalue weighted by molar-refractivity contribution is -0.0597. The second-order valence-electron chi connectivity index (χ2n) is 4.83. The topological polar surface area (TPSA) is 76.0 Å². The molecular formula is C15H12F3NO4S. The van der Waals surface area contributed by atoms with Gasteiger partial charge in [-0.2, -0.15) is 21.6 Å². The van der Waals surface area contributed by atoms with Crippen LogP contribution in [0.3, 0.4) is 0 Å². The predicted octanol–water partition coefficient (Wildman–Crippen LogP) is 3.37. The van der Waals surface area contributed by atoms with Gasteiger partial charge in [-0.1, -0.05) is 22.9 Å².